The third-order valence-corrected chi connectivity index (χ3v) is 4.85. The van der Waals surface area contributed by atoms with Crippen molar-refractivity contribution in [1.82, 2.24) is 30.6 Å². The number of nitrogens with zero attached hydrogens (tertiary/aromatic N) is 5. The van der Waals surface area contributed by atoms with Crippen molar-refractivity contribution in [3.8, 4) is 22.4 Å². The monoisotopic (exact) mass is 425 g/mol. The largest absolute Gasteiger partial charge is 0.370 e. The van der Waals surface area contributed by atoms with E-state index >= 15 is 0 Å². The van der Waals surface area contributed by atoms with Crippen molar-refractivity contribution in [2.75, 3.05) is 11.9 Å². The molecule has 0 aliphatic rings. The molecular formula is C21H27N7O3. The number of aromatic nitrogens is 6. The van der Waals surface area contributed by atoms with Gasteiger partial charge in [0.15, 0.2) is 5.82 Å². The molecule has 10 nitrogen and oxygen atoms in total. The Morgan fingerprint density at radius 3 is 2.23 bits per heavy atom. The number of hydrogen-bond acceptors (Lipinski definition) is 8. The van der Waals surface area contributed by atoms with Gasteiger partial charge in [-0.15, -0.1) is 10.2 Å². The van der Waals surface area contributed by atoms with Crippen LogP contribution in [-0.2, 0) is 0 Å². The Balaban J connectivity index is 0.000000491. The predicted molar refractivity (Wildman–Crippen MR) is 118 cm³/mol. The first-order valence-corrected chi connectivity index (χ1v) is 10.1. The van der Waals surface area contributed by atoms with E-state index in [9.17, 15) is 15.3 Å². The van der Waals surface area contributed by atoms with Gasteiger partial charge < -0.3 is 15.3 Å². The van der Waals surface area contributed by atoms with Crippen LogP contribution in [0.5, 0.6) is 0 Å². The minimum atomic E-state index is -3.01. The molecule has 3 heterocycles. The van der Waals surface area contributed by atoms with Crippen LogP contribution in [0.2, 0.25) is 0 Å². The van der Waals surface area contributed by atoms with Crippen LogP contribution in [0.1, 0.15) is 33.1 Å². The molecule has 0 bridgehead atoms. The summed E-state index contributed by atoms with van der Waals surface area (Å²) in [5.74, 6) is 0.0946. The highest BCUT2D eigenvalue weighted by Crippen LogP contribution is 2.33. The van der Waals surface area contributed by atoms with E-state index in [1.54, 1.807) is 24.7 Å². The van der Waals surface area contributed by atoms with Crippen molar-refractivity contribution in [2.24, 2.45) is 0 Å². The summed E-state index contributed by atoms with van der Waals surface area (Å²) in [6.07, 6.45) is 6.33. The molecule has 0 aliphatic heterocycles. The fraction of sp³-hybridized carbons (Fsp3) is 0.333. The van der Waals surface area contributed by atoms with Crippen molar-refractivity contribution < 1.29 is 15.3 Å². The molecule has 164 valence electrons. The van der Waals surface area contributed by atoms with E-state index < -0.39 is 6.10 Å². The molecule has 4 aromatic rings. The van der Waals surface area contributed by atoms with Crippen molar-refractivity contribution in [1.29, 1.82) is 0 Å². The van der Waals surface area contributed by atoms with Crippen LogP contribution in [0.4, 0.5) is 5.82 Å². The maximum Gasteiger partial charge on any atom is 0.370 e. The van der Waals surface area contributed by atoms with Gasteiger partial charge in [0.2, 0.25) is 0 Å². The molecule has 5 N–H and O–H groups in total. The first kappa shape index (κ1) is 22.3. The van der Waals surface area contributed by atoms with Gasteiger partial charge in [-0.3, -0.25) is 15.1 Å². The second kappa shape index (κ2) is 9.65. The summed E-state index contributed by atoms with van der Waals surface area (Å²) in [6, 6.07) is 7.02. The lowest BCUT2D eigenvalue weighted by Crippen LogP contribution is -2.46. The first-order chi connectivity index (χ1) is 14.9. The number of benzene rings is 1. The van der Waals surface area contributed by atoms with Crippen LogP contribution >= 0.6 is 0 Å². The third kappa shape index (κ3) is 5.05. The van der Waals surface area contributed by atoms with Crippen LogP contribution in [-0.4, -0.2) is 59.1 Å². The van der Waals surface area contributed by atoms with Crippen molar-refractivity contribution in [3.63, 3.8) is 0 Å². The molecule has 4 rings (SSSR count). The maximum atomic E-state index is 9.21. The van der Waals surface area contributed by atoms with Gasteiger partial charge in [0.05, 0.1) is 23.6 Å². The van der Waals surface area contributed by atoms with Crippen LogP contribution in [0, 0.1) is 0 Å². The Morgan fingerprint density at radius 2 is 1.68 bits per heavy atom. The van der Waals surface area contributed by atoms with E-state index in [-0.39, 0.29) is 5.82 Å². The Labute approximate surface area is 179 Å². The van der Waals surface area contributed by atoms with Crippen LogP contribution < -0.4 is 4.90 Å². The molecule has 0 unspecified atom stereocenters. The maximum absolute atomic E-state index is 9.21. The highest BCUT2D eigenvalue weighted by Gasteiger charge is 2.27. The number of hydrogen-bond donors (Lipinski definition) is 5. The summed E-state index contributed by atoms with van der Waals surface area (Å²) >= 11 is 0. The van der Waals surface area contributed by atoms with E-state index in [0.717, 1.165) is 32.5 Å². The quantitative estimate of drug-likeness (QED) is 0.296. The number of fused-ring (bicyclic) bond motifs is 1. The zero-order chi connectivity index (χ0) is 22.4. The topological polar surface area (TPSA) is 147 Å². The highest BCUT2D eigenvalue weighted by atomic mass is 16.7. The van der Waals surface area contributed by atoms with Crippen LogP contribution in [0.25, 0.3) is 33.3 Å². The number of anilines is 1. The molecule has 0 radical (unpaired) electrons. The average Bonchev–Trinajstić information content (AvgIpc) is 3.45. The van der Waals surface area contributed by atoms with Gasteiger partial charge in [-0.25, -0.2) is 0 Å². The minimum Gasteiger partial charge on any atom is -0.325 e. The van der Waals surface area contributed by atoms with Gasteiger partial charge >= 0.3 is 6.10 Å². The van der Waals surface area contributed by atoms with E-state index in [1.807, 2.05) is 12.1 Å². The number of nitrogens with one attached hydrogen (secondary N) is 2. The van der Waals surface area contributed by atoms with E-state index in [1.165, 1.54) is 32.4 Å². The molecule has 0 aliphatic carbocycles. The summed E-state index contributed by atoms with van der Waals surface area (Å²) in [6.45, 7) is 4.42. The molecule has 10 heteroatoms. The summed E-state index contributed by atoms with van der Waals surface area (Å²) in [5.41, 5.74) is 4.06. The zero-order valence-electron chi connectivity index (χ0n) is 17.7. The van der Waals surface area contributed by atoms with E-state index in [2.05, 4.69) is 44.4 Å². The lowest BCUT2D eigenvalue weighted by Gasteiger charge is -2.26. The molecule has 31 heavy (non-hydrogen) atoms. The number of rotatable bonds is 6. The number of unbranched alkanes of at least 4 members (excludes halogenated alkanes) is 2. The van der Waals surface area contributed by atoms with Gasteiger partial charge in [-0.1, -0.05) is 39.2 Å². The minimum absolute atomic E-state index is 0.0946. The van der Waals surface area contributed by atoms with Gasteiger partial charge in [0.25, 0.3) is 0 Å². The lowest BCUT2D eigenvalue weighted by atomic mass is 10.0. The number of aliphatic hydroxyl groups is 3. The Kier molecular flexibility index (Phi) is 6.95. The van der Waals surface area contributed by atoms with E-state index in [0.29, 0.717) is 5.69 Å². The molecule has 0 amide bonds. The molecule has 3 aromatic heterocycles. The third-order valence-electron chi connectivity index (χ3n) is 4.85. The molecule has 0 fully saturated rings. The zero-order valence-corrected chi connectivity index (χ0v) is 17.7. The summed E-state index contributed by atoms with van der Waals surface area (Å²) in [5, 5.41) is 50.4. The normalized spacial score (nSPS) is 11.3. The fourth-order valence-corrected chi connectivity index (χ4v) is 3.05. The van der Waals surface area contributed by atoms with Crippen LogP contribution in [0.3, 0.4) is 0 Å². The van der Waals surface area contributed by atoms with Gasteiger partial charge in [0.1, 0.15) is 0 Å². The standard InChI is InChI=1S/C16H15N7O3.C5H12/c1-23(16(24,25)26)14-5-4-13(20-21-14)11-3-2-10(9-6-17-18-7-9)12-8-19-22-15(11)12;1-3-5-4-2/h2-8,24-26H,1H3,(H,17,18)(H,19,22);3-5H2,1-2H3. The summed E-state index contributed by atoms with van der Waals surface area (Å²) in [4.78, 5) is 0.775. The van der Waals surface area contributed by atoms with Gasteiger partial charge in [-0.05, 0) is 23.8 Å². The Morgan fingerprint density at radius 1 is 0.935 bits per heavy atom. The van der Waals surface area contributed by atoms with Crippen molar-refractivity contribution in [3.05, 3.63) is 42.9 Å². The first-order valence-electron chi connectivity index (χ1n) is 10.1. The highest BCUT2D eigenvalue weighted by molar-refractivity contribution is 6.01. The average molecular weight is 425 g/mol. The molecule has 0 atom stereocenters. The smallest absolute Gasteiger partial charge is 0.325 e. The molecule has 0 saturated carbocycles. The molecule has 1 aromatic carbocycles. The second-order valence-electron chi connectivity index (χ2n) is 7.10. The second-order valence-corrected chi connectivity index (χ2v) is 7.10. The van der Waals surface area contributed by atoms with Crippen molar-refractivity contribution >= 4 is 16.7 Å². The number of H-pyrrole nitrogens is 2. The predicted octanol–water partition coefficient (Wildman–Crippen LogP) is 2.63. The fourth-order valence-electron chi connectivity index (χ4n) is 3.05. The SMILES string of the molecule is CCCCC.CN(c1ccc(-c2ccc(-c3cn[nH]c3)c3cn[nH]c23)nn1)C(O)(O)O. The Bertz CT molecular complexity index is 1080. The van der Waals surface area contributed by atoms with E-state index in [4.69, 9.17) is 0 Å². The molecular weight excluding hydrogens is 398 g/mol. The summed E-state index contributed by atoms with van der Waals surface area (Å²) in [7, 11) is 1.27. The van der Waals surface area contributed by atoms with Gasteiger partial charge in [-0.2, -0.15) is 10.2 Å². The summed E-state index contributed by atoms with van der Waals surface area (Å²) < 4.78 is 0. The van der Waals surface area contributed by atoms with Crippen molar-refractivity contribution in [2.45, 2.75) is 39.2 Å². The molecule has 0 saturated heterocycles. The lowest BCUT2D eigenvalue weighted by molar-refractivity contribution is -0.308. The number of aromatic amines is 2. The Hall–Kier alpha value is -3.34. The van der Waals surface area contributed by atoms with Gasteiger partial charge in [0, 0.05) is 29.8 Å². The molecule has 0 spiro atoms. The van der Waals surface area contributed by atoms with Crippen LogP contribution in [0.15, 0.2) is 42.9 Å².